The number of hydrogen-bond donors (Lipinski definition) is 1. The molecule has 1 aromatic carbocycles. The molecule has 29 heavy (non-hydrogen) atoms. The topological polar surface area (TPSA) is 87.7 Å². The van der Waals surface area contributed by atoms with Crippen molar-refractivity contribution >= 4 is 23.3 Å². The van der Waals surface area contributed by atoms with E-state index in [0.717, 1.165) is 30.3 Å². The number of carbonyl (C=O) groups excluding carboxylic acids is 2. The van der Waals surface area contributed by atoms with E-state index in [9.17, 15) is 9.59 Å². The number of aryl methyl sites for hydroxylation is 1. The van der Waals surface area contributed by atoms with Gasteiger partial charge in [0, 0.05) is 43.5 Å². The summed E-state index contributed by atoms with van der Waals surface area (Å²) in [6.45, 7) is 5.51. The Hall–Kier alpha value is -3.00. The minimum Gasteiger partial charge on any atom is -0.378 e. The smallest absolute Gasteiger partial charge is 0.227 e. The van der Waals surface area contributed by atoms with Gasteiger partial charge in [0.1, 0.15) is 11.6 Å². The van der Waals surface area contributed by atoms with Crippen molar-refractivity contribution in [3.63, 3.8) is 0 Å². The molecule has 2 aliphatic rings. The van der Waals surface area contributed by atoms with E-state index < -0.39 is 0 Å². The van der Waals surface area contributed by atoms with Gasteiger partial charge in [-0.15, -0.1) is 0 Å². The van der Waals surface area contributed by atoms with Crippen LogP contribution < -0.4 is 15.1 Å². The Morgan fingerprint density at radius 3 is 2.72 bits per heavy atom. The predicted molar refractivity (Wildman–Crippen MR) is 109 cm³/mol. The van der Waals surface area contributed by atoms with Crippen molar-refractivity contribution in [2.24, 2.45) is 5.92 Å². The van der Waals surface area contributed by atoms with Crippen molar-refractivity contribution < 1.29 is 14.3 Å². The molecule has 8 nitrogen and oxygen atoms in total. The zero-order valence-electron chi connectivity index (χ0n) is 16.5. The molecule has 0 saturated carbocycles. The molecule has 0 aliphatic carbocycles. The van der Waals surface area contributed by atoms with E-state index in [4.69, 9.17) is 4.74 Å². The van der Waals surface area contributed by atoms with Gasteiger partial charge in [0.05, 0.1) is 25.7 Å². The molecule has 0 radical (unpaired) electrons. The Morgan fingerprint density at radius 1 is 1.21 bits per heavy atom. The van der Waals surface area contributed by atoms with Gasteiger partial charge >= 0.3 is 0 Å². The van der Waals surface area contributed by atoms with Crippen molar-refractivity contribution in [1.29, 1.82) is 0 Å². The molecule has 0 spiro atoms. The van der Waals surface area contributed by atoms with E-state index >= 15 is 0 Å². The first-order valence-electron chi connectivity index (χ1n) is 9.90. The summed E-state index contributed by atoms with van der Waals surface area (Å²) in [6.07, 6.45) is 0.217. The third-order valence-electron chi connectivity index (χ3n) is 5.21. The number of aromatic nitrogens is 2. The van der Waals surface area contributed by atoms with Crippen molar-refractivity contribution in [2.75, 3.05) is 42.6 Å². The molecule has 1 N–H and O–H groups in total. The highest BCUT2D eigenvalue weighted by Gasteiger charge is 2.35. The summed E-state index contributed by atoms with van der Waals surface area (Å²) < 4.78 is 5.39. The normalized spacial score (nSPS) is 19.5. The van der Waals surface area contributed by atoms with Crippen molar-refractivity contribution in [3.05, 3.63) is 47.9 Å². The largest absolute Gasteiger partial charge is 0.378 e. The highest BCUT2D eigenvalue weighted by molar-refractivity contribution is 6.00. The highest BCUT2D eigenvalue weighted by Crippen LogP contribution is 2.25. The van der Waals surface area contributed by atoms with Crippen LogP contribution in [0.4, 0.5) is 11.5 Å². The van der Waals surface area contributed by atoms with E-state index in [-0.39, 0.29) is 30.7 Å². The minimum atomic E-state index is -0.369. The molecule has 1 unspecified atom stereocenters. The van der Waals surface area contributed by atoms with Crippen LogP contribution in [0.1, 0.15) is 17.9 Å². The van der Waals surface area contributed by atoms with Crippen LogP contribution >= 0.6 is 0 Å². The Kier molecular flexibility index (Phi) is 5.71. The number of nitrogens with zero attached hydrogens (tertiary/aromatic N) is 4. The number of benzene rings is 1. The Labute approximate surface area is 169 Å². The van der Waals surface area contributed by atoms with E-state index in [0.29, 0.717) is 25.6 Å². The fourth-order valence-electron chi connectivity index (χ4n) is 3.70. The summed E-state index contributed by atoms with van der Waals surface area (Å²) in [6, 6.07) is 11.4. The number of para-hydroxylation sites is 1. The summed E-state index contributed by atoms with van der Waals surface area (Å²) in [5.74, 6) is 0.888. The molecule has 8 heteroatoms. The molecular formula is C21H25N5O3. The molecular weight excluding hydrogens is 370 g/mol. The van der Waals surface area contributed by atoms with Crippen molar-refractivity contribution in [3.8, 4) is 0 Å². The van der Waals surface area contributed by atoms with E-state index in [1.807, 2.05) is 43.3 Å². The maximum Gasteiger partial charge on any atom is 0.227 e. The lowest BCUT2D eigenvalue weighted by Crippen LogP contribution is -2.37. The van der Waals surface area contributed by atoms with Crippen LogP contribution in [0, 0.1) is 12.8 Å². The number of morpholine rings is 1. The maximum atomic E-state index is 12.6. The number of amides is 2. The number of nitrogens with one attached hydrogen (secondary N) is 1. The van der Waals surface area contributed by atoms with Crippen LogP contribution in [0.2, 0.25) is 0 Å². The average molecular weight is 395 g/mol. The summed E-state index contributed by atoms with van der Waals surface area (Å²) in [7, 11) is 0. The van der Waals surface area contributed by atoms with Gasteiger partial charge in [-0.25, -0.2) is 9.97 Å². The van der Waals surface area contributed by atoms with Gasteiger partial charge in [-0.3, -0.25) is 9.59 Å². The molecule has 2 aromatic rings. The SMILES string of the molecule is Cc1cc(N2CCOCC2)nc(CNC(=O)C2CC(=O)N(c3ccccc3)C2)n1. The van der Waals surface area contributed by atoms with Crippen LogP contribution in [-0.4, -0.2) is 54.6 Å². The molecule has 152 valence electrons. The summed E-state index contributed by atoms with van der Waals surface area (Å²) in [5.41, 5.74) is 1.68. The lowest BCUT2D eigenvalue weighted by atomic mass is 10.1. The Bertz CT molecular complexity index is 883. The first-order chi connectivity index (χ1) is 14.1. The molecule has 2 saturated heterocycles. The average Bonchev–Trinajstić information content (AvgIpc) is 3.15. The number of anilines is 2. The standard InChI is InChI=1S/C21H25N5O3/c1-15-11-19(25-7-9-29-10-8-25)24-18(23-15)13-22-21(28)16-12-20(27)26(14-16)17-5-3-2-4-6-17/h2-6,11,16H,7-10,12-14H2,1H3,(H,22,28). The van der Waals surface area contributed by atoms with Crippen LogP contribution in [0.5, 0.6) is 0 Å². The van der Waals surface area contributed by atoms with Gasteiger partial charge < -0.3 is 19.9 Å². The predicted octanol–water partition coefficient (Wildman–Crippen LogP) is 1.29. The number of ether oxygens (including phenoxy) is 1. The number of carbonyl (C=O) groups is 2. The van der Waals surface area contributed by atoms with Crippen LogP contribution in [0.25, 0.3) is 0 Å². The second-order valence-electron chi connectivity index (χ2n) is 7.34. The first-order valence-corrected chi connectivity index (χ1v) is 9.90. The molecule has 2 fully saturated rings. The van der Waals surface area contributed by atoms with Gasteiger partial charge in [-0.05, 0) is 19.1 Å². The van der Waals surface area contributed by atoms with Crippen LogP contribution in [-0.2, 0) is 20.9 Å². The highest BCUT2D eigenvalue weighted by atomic mass is 16.5. The van der Waals surface area contributed by atoms with E-state index in [1.165, 1.54) is 0 Å². The summed E-state index contributed by atoms with van der Waals surface area (Å²) in [5, 5.41) is 2.90. The third-order valence-corrected chi connectivity index (χ3v) is 5.21. The zero-order chi connectivity index (χ0) is 20.2. The quantitative estimate of drug-likeness (QED) is 0.821. The number of hydrogen-bond acceptors (Lipinski definition) is 6. The first kappa shape index (κ1) is 19.3. The second kappa shape index (κ2) is 8.57. The van der Waals surface area contributed by atoms with Gasteiger partial charge in [-0.1, -0.05) is 18.2 Å². The second-order valence-corrected chi connectivity index (χ2v) is 7.34. The molecule has 1 aromatic heterocycles. The van der Waals surface area contributed by atoms with Gasteiger partial charge in [0.2, 0.25) is 11.8 Å². The molecule has 2 aliphatic heterocycles. The third kappa shape index (κ3) is 4.54. The minimum absolute atomic E-state index is 0.0299. The lowest BCUT2D eigenvalue weighted by molar-refractivity contribution is -0.126. The molecule has 1 atom stereocenters. The van der Waals surface area contributed by atoms with Gasteiger partial charge in [-0.2, -0.15) is 0 Å². The molecule has 4 rings (SSSR count). The Morgan fingerprint density at radius 2 is 1.97 bits per heavy atom. The zero-order valence-corrected chi connectivity index (χ0v) is 16.5. The van der Waals surface area contributed by atoms with E-state index in [2.05, 4.69) is 20.2 Å². The number of rotatable bonds is 5. The summed E-state index contributed by atoms with van der Waals surface area (Å²) >= 11 is 0. The van der Waals surface area contributed by atoms with Crippen molar-refractivity contribution in [2.45, 2.75) is 19.9 Å². The molecule has 3 heterocycles. The fraction of sp³-hybridized carbons (Fsp3) is 0.429. The van der Waals surface area contributed by atoms with Crippen molar-refractivity contribution in [1.82, 2.24) is 15.3 Å². The lowest BCUT2D eigenvalue weighted by Gasteiger charge is -2.28. The summed E-state index contributed by atoms with van der Waals surface area (Å²) in [4.78, 5) is 37.9. The fourth-order valence-corrected chi connectivity index (χ4v) is 3.70. The van der Waals surface area contributed by atoms with Crippen LogP contribution in [0.15, 0.2) is 36.4 Å². The van der Waals surface area contributed by atoms with Gasteiger partial charge in [0.25, 0.3) is 0 Å². The monoisotopic (exact) mass is 395 g/mol. The maximum absolute atomic E-state index is 12.6. The Balaban J connectivity index is 1.37. The molecule has 2 amide bonds. The van der Waals surface area contributed by atoms with Gasteiger partial charge in [0.15, 0.2) is 0 Å². The molecule has 0 bridgehead atoms. The van der Waals surface area contributed by atoms with Crippen LogP contribution in [0.3, 0.4) is 0 Å². The van der Waals surface area contributed by atoms with E-state index in [1.54, 1.807) is 4.90 Å².